The maximum Gasteiger partial charge on any atom is 0.324 e. The summed E-state index contributed by atoms with van der Waals surface area (Å²) in [7, 11) is 0. The monoisotopic (exact) mass is 412 g/mol. The fourth-order valence-electron chi connectivity index (χ4n) is 2.52. The van der Waals surface area contributed by atoms with Crippen LogP contribution >= 0.6 is 23.1 Å². The SMILES string of the molecule is Cc1nnsc1NC(=O)Nc1ccc(-c2cc(-c3nnco3)ccc2Cl)cc1. The highest BCUT2D eigenvalue weighted by Gasteiger charge is 2.11. The number of aryl methyl sites for hydroxylation is 1. The summed E-state index contributed by atoms with van der Waals surface area (Å²) < 4.78 is 9.02. The number of rotatable bonds is 4. The second kappa shape index (κ2) is 7.75. The number of aromatic nitrogens is 4. The number of benzene rings is 2. The van der Waals surface area contributed by atoms with E-state index >= 15 is 0 Å². The van der Waals surface area contributed by atoms with E-state index in [1.165, 1.54) is 6.39 Å². The lowest BCUT2D eigenvalue weighted by Crippen LogP contribution is -2.19. The van der Waals surface area contributed by atoms with E-state index in [4.69, 9.17) is 16.0 Å². The van der Waals surface area contributed by atoms with Crippen LogP contribution in [0.15, 0.2) is 53.3 Å². The third kappa shape index (κ3) is 3.85. The zero-order chi connectivity index (χ0) is 19.5. The topological polar surface area (TPSA) is 106 Å². The summed E-state index contributed by atoms with van der Waals surface area (Å²) in [6.07, 6.45) is 1.28. The highest BCUT2D eigenvalue weighted by atomic mass is 35.5. The van der Waals surface area contributed by atoms with Gasteiger partial charge in [-0.3, -0.25) is 5.32 Å². The highest BCUT2D eigenvalue weighted by molar-refractivity contribution is 7.10. The molecule has 4 rings (SSSR count). The second-order valence-corrected chi connectivity index (χ2v) is 6.94. The first kappa shape index (κ1) is 18.1. The summed E-state index contributed by atoms with van der Waals surface area (Å²) >= 11 is 7.48. The first-order valence-corrected chi connectivity index (χ1v) is 9.29. The molecule has 0 radical (unpaired) electrons. The minimum absolute atomic E-state index is 0.363. The fraction of sp³-hybridized carbons (Fsp3) is 0.0556. The number of amides is 2. The van der Waals surface area contributed by atoms with E-state index in [-0.39, 0.29) is 6.03 Å². The third-order valence-electron chi connectivity index (χ3n) is 3.91. The van der Waals surface area contributed by atoms with E-state index in [2.05, 4.69) is 30.4 Å². The minimum atomic E-state index is -0.363. The van der Waals surface area contributed by atoms with Crippen LogP contribution in [0.5, 0.6) is 0 Å². The van der Waals surface area contributed by atoms with Crippen LogP contribution in [0.2, 0.25) is 5.02 Å². The van der Waals surface area contributed by atoms with Crippen molar-refractivity contribution in [3.05, 3.63) is 59.6 Å². The number of anilines is 2. The van der Waals surface area contributed by atoms with Crippen molar-refractivity contribution in [2.45, 2.75) is 6.92 Å². The lowest BCUT2D eigenvalue weighted by atomic mass is 10.0. The molecule has 0 aliphatic rings. The van der Waals surface area contributed by atoms with Crippen molar-refractivity contribution in [2.75, 3.05) is 10.6 Å². The molecule has 8 nitrogen and oxygen atoms in total. The summed E-state index contributed by atoms with van der Waals surface area (Å²) in [5.41, 5.74) is 3.79. The van der Waals surface area contributed by atoms with Crippen molar-refractivity contribution in [3.63, 3.8) is 0 Å². The van der Waals surface area contributed by atoms with Crippen molar-refractivity contribution >= 4 is 39.9 Å². The largest absolute Gasteiger partial charge is 0.423 e. The number of urea groups is 1. The molecule has 2 aromatic carbocycles. The Balaban J connectivity index is 1.51. The van der Waals surface area contributed by atoms with Crippen molar-refractivity contribution in [2.24, 2.45) is 0 Å². The van der Waals surface area contributed by atoms with E-state index in [1.807, 2.05) is 24.3 Å². The molecular formula is C18H13ClN6O2S. The molecule has 0 fully saturated rings. The molecule has 4 aromatic rings. The van der Waals surface area contributed by atoms with Crippen LogP contribution in [0.3, 0.4) is 0 Å². The van der Waals surface area contributed by atoms with Crippen molar-refractivity contribution in [3.8, 4) is 22.6 Å². The molecule has 10 heteroatoms. The molecule has 0 aliphatic heterocycles. The smallest absolute Gasteiger partial charge is 0.324 e. The molecule has 2 amide bonds. The molecular weight excluding hydrogens is 400 g/mol. The average molecular weight is 413 g/mol. The summed E-state index contributed by atoms with van der Waals surface area (Å²) in [5, 5.41) is 18.1. The minimum Gasteiger partial charge on any atom is -0.423 e. The van der Waals surface area contributed by atoms with E-state index in [0.29, 0.717) is 27.3 Å². The van der Waals surface area contributed by atoms with Crippen LogP contribution < -0.4 is 10.6 Å². The van der Waals surface area contributed by atoms with Gasteiger partial charge in [-0.1, -0.05) is 28.2 Å². The summed E-state index contributed by atoms with van der Waals surface area (Å²) in [6.45, 7) is 1.78. The van der Waals surface area contributed by atoms with E-state index in [0.717, 1.165) is 28.2 Å². The zero-order valence-corrected chi connectivity index (χ0v) is 16.1. The van der Waals surface area contributed by atoms with E-state index in [1.54, 1.807) is 25.1 Å². The highest BCUT2D eigenvalue weighted by Crippen LogP contribution is 2.32. The molecule has 0 bridgehead atoms. The van der Waals surface area contributed by atoms with E-state index < -0.39 is 0 Å². The molecule has 0 unspecified atom stereocenters. The Kier molecular flexibility index (Phi) is 5.00. The van der Waals surface area contributed by atoms with Gasteiger partial charge in [0.15, 0.2) is 0 Å². The van der Waals surface area contributed by atoms with Crippen LogP contribution in [0, 0.1) is 6.92 Å². The van der Waals surface area contributed by atoms with Gasteiger partial charge in [-0.25, -0.2) is 4.79 Å². The molecule has 2 heterocycles. The zero-order valence-electron chi connectivity index (χ0n) is 14.5. The standard InChI is InChI=1S/C18H13ClN6O2S/c1-10-17(28-25-23-10)22-18(26)21-13-5-2-11(3-6-13)14-8-12(4-7-15(14)19)16-24-20-9-27-16/h2-9H,1H3,(H2,21,22,26). The molecule has 0 aliphatic carbocycles. The first-order chi connectivity index (χ1) is 13.6. The van der Waals surface area contributed by atoms with Crippen LogP contribution in [-0.2, 0) is 0 Å². The lowest BCUT2D eigenvalue weighted by molar-refractivity contribution is 0.262. The lowest BCUT2D eigenvalue weighted by Gasteiger charge is -2.09. The maximum atomic E-state index is 12.1. The quantitative estimate of drug-likeness (QED) is 0.495. The second-order valence-electron chi connectivity index (χ2n) is 5.78. The predicted octanol–water partition coefficient (Wildman–Crippen LogP) is 4.86. The van der Waals surface area contributed by atoms with Crippen LogP contribution in [0.1, 0.15) is 5.69 Å². The maximum absolute atomic E-state index is 12.1. The van der Waals surface area contributed by atoms with Crippen LogP contribution in [-0.4, -0.2) is 25.8 Å². The van der Waals surface area contributed by atoms with Crippen molar-refractivity contribution in [1.29, 1.82) is 0 Å². The van der Waals surface area contributed by atoms with Gasteiger partial charge < -0.3 is 9.73 Å². The molecule has 2 aromatic heterocycles. The normalized spacial score (nSPS) is 10.6. The van der Waals surface area contributed by atoms with Gasteiger partial charge in [0.2, 0.25) is 12.3 Å². The average Bonchev–Trinajstić information content (AvgIpc) is 3.36. The Morgan fingerprint density at radius 3 is 2.54 bits per heavy atom. The molecule has 2 N–H and O–H groups in total. The number of halogens is 1. The Labute approximate surface area is 168 Å². The Hall–Kier alpha value is -3.30. The number of carbonyl (C=O) groups is 1. The van der Waals surface area contributed by atoms with Gasteiger partial charge in [0.05, 0.1) is 5.69 Å². The van der Waals surface area contributed by atoms with Gasteiger partial charge in [-0.2, -0.15) is 0 Å². The van der Waals surface area contributed by atoms with Gasteiger partial charge in [0, 0.05) is 33.4 Å². The molecule has 0 saturated heterocycles. The van der Waals surface area contributed by atoms with Gasteiger partial charge >= 0.3 is 6.03 Å². The van der Waals surface area contributed by atoms with Crippen molar-refractivity contribution < 1.29 is 9.21 Å². The first-order valence-electron chi connectivity index (χ1n) is 8.13. The van der Waals surface area contributed by atoms with Gasteiger partial charge in [0.25, 0.3) is 0 Å². The van der Waals surface area contributed by atoms with Gasteiger partial charge in [-0.05, 0) is 42.8 Å². The molecule has 0 spiro atoms. The number of hydrogen-bond acceptors (Lipinski definition) is 7. The Morgan fingerprint density at radius 2 is 1.86 bits per heavy atom. The van der Waals surface area contributed by atoms with E-state index in [9.17, 15) is 4.79 Å². The number of hydrogen-bond donors (Lipinski definition) is 2. The Morgan fingerprint density at radius 1 is 1.07 bits per heavy atom. The van der Waals surface area contributed by atoms with Crippen LogP contribution in [0.4, 0.5) is 15.5 Å². The third-order valence-corrected chi connectivity index (χ3v) is 4.98. The summed E-state index contributed by atoms with van der Waals surface area (Å²) in [5.74, 6) is 0.417. The van der Waals surface area contributed by atoms with Gasteiger partial charge in [0.1, 0.15) is 5.00 Å². The Bertz CT molecular complexity index is 1110. The number of nitrogens with zero attached hydrogens (tertiary/aromatic N) is 4. The summed E-state index contributed by atoms with van der Waals surface area (Å²) in [4.78, 5) is 12.1. The molecule has 0 saturated carbocycles. The fourth-order valence-corrected chi connectivity index (χ4v) is 3.31. The molecule has 0 atom stereocenters. The number of carbonyl (C=O) groups excluding carboxylic acids is 1. The summed E-state index contributed by atoms with van der Waals surface area (Å²) in [6, 6.07) is 12.4. The van der Waals surface area contributed by atoms with Gasteiger partial charge in [-0.15, -0.1) is 15.3 Å². The predicted molar refractivity (Wildman–Crippen MR) is 107 cm³/mol. The van der Waals surface area contributed by atoms with Crippen LogP contribution in [0.25, 0.3) is 22.6 Å². The molecule has 140 valence electrons. The van der Waals surface area contributed by atoms with Crippen molar-refractivity contribution in [1.82, 2.24) is 19.8 Å². The molecule has 28 heavy (non-hydrogen) atoms. The number of nitrogens with one attached hydrogen (secondary N) is 2.